The molecule has 8 nitrogen and oxygen atoms in total. The lowest BCUT2D eigenvalue weighted by Crippen LogP contribution is -2.14. The molecule has 0 radical (unpaired) electrons. The van der Waals surface area contributed by atoms with Gasteiger partial charge < -0.3 is 29.2 Å². The van der Waals surface area contributed by atoms with Gasteiger partial charge in [0.1, 0.15) is 11.5 Å². The standard InChI is InChI=1S/C35H42O8/c1-4-5-6-7-27-10-14-30(15-11-27)31-16-12-28(13-17-31)8-9-29-18-32(40-23-42-34(38)25(2)21-36)20-33(19-29)41-24-43-35(39)26(3)22-37/h12-13,16-20,27,30,36-37H,2-7,10-11,14-15,21-24H2,1H3. The van der Waals surface area contributed by atoms with E-state index in [1.54, 1.807) is 12.1 Å². The molecule has 3 rings (SSSR count). The van der Waals surface area contributed by atoms with Gasteiger partial charge in [-0.15, -0.1) is 0 Å². The number of benzene rings is 2. The van der Waals surface area contributed by atoms with Crippen LogP contribution in [-0.4, -0.2) is 49.0 Å². The lowest BCUT2D eigenvalue weighted by molar-refractivity contribution is -0.146. The summed E-state index contributed by atoms with van der Waals surface area (Å²) in [6, 6.07) is 13.2. The highest BCUT2D eigenvalue weighted by Crippen LogP contribution is 2.37. The fraction of sp³-hybridized carbons (Fsp3) is 0.429. The van der Waals surface area contributed by atoms with Crippen molar-refractivity contribution in [1.29, 1.82) is 0 Å². The van der Waals surface area contributed by atoms with Crippen LogP contribution in [0.4, 0.5) is 0 Å². The van der Waals surface area contributed by atoms with Gasteiger partial charge in [0.2, 0.25) is 13.6 Å². The predicted molar refractivity (Wildman–Crippen MR) is 163 cm³/mol. The first-order valence-electron chi connectivity index (χ1n) is 14.8. The Morgan fingerprint density at radius 1 is 0.791 bits per heavy atom. The second-order valence-electron chi connectivity index (χ2n) is 10.7. The van der Waals surface area contributed by atoms with E-state index in [-0.39, 0.29) is 22.6 Å². The number of aliphatic hydroxyl groups excluding tert-OH is 2. The topological polar surface area (TPSA) is 112 Å². The van der Waals surface area contributed by atoms with Gasteiger partial charge in [-0.1, -0.05) is 69.7 Å². The van der Waals surface area contributed by atoms with Gasteiger partial charge in [-0.05, 0) is 67.3 Å². The van der Waals surface area contributed by atoms with E-state index >= 15 is 0 Å². The van der Waals surface area contributed by atoms with Crippen LogP contribution in [0.15, 0.2) is 66.8 Å². The van der Waals surface area contributed by atoms with Gasteiger partial charge in [0.25, 0.3) is 0 Å². The van der Waals surface area contributed by atoms with Crippen LogP contribution in [-0.2, 0) is 19.1 Å². The summed E-state index contributed by atoms with van der Waals surface area (Å²) in [5.41, 5.74) is 2.58. The molecule has 2 N–H and O–H groups in total. The van der Waals surface area contributed by atoms with Crippen LogP contribution in [0.25, 0.3) is 0 Å². The third-order valence-electron chi connectivity index (χ3n) is 7.47. The van der Waals surface area contributed by atoms with Crippen molar-refractivity contribution >= 4 is 11.9 Å². The fourth-order valence-corrected chi connectivity index (χ4v) is 4.90. The van der Waals surface area contributed by atoms with Crippen molar-refractivity contribution < 1.29 is 38.7 Å². The highest BCUT2D eigenvalue weighted by molar-refractivity contribution is 5.88. The molecule has 1 aliphatic rings. The van der Waals surface area contributed by atoms with Crippen LogP contribution in [0, 0.1) is 17.8 Å². The van der Waals surface area contributed by atoms with Crippen molar-refractivity contribution in [2.24, 2.45) is 5.92 Å². The van der Waals surface area contributed by atoms with E-state index in [9.17, 15) is 9.59 Å². The number of aliphatic hydroxyl groups is 2. The summed E-state index contributed by atoms with van der Waals surface area (Å²) in [5, 5.41) is 18.0. The summed E-state index contributed by atoms with van der Waals surface area (Å²) in [5.74, 6) is 6.76. The minimum atomic E-state index is -0.783. The number of esters is 2. The Balaban J connectivity index is 1.65. The Kier molecular flexibility index (Phi) is 13.8. The third kappa shape index (κ3) is 11.3. The largest absolute Gasteiger partial charge is 0.457 e. The first kappa shape index (κ1) is 33.4. The second kappa shape index (κ2) is 17.8. The normalized spacial score (nSPS) is 15.9. The summed E-state index contributed by atoms with van der Waals surface area (Å²) in [6.07, 6.45) is 10.4. The van der Waals surface area contributed by atoms with Gasteiger partial charge in [0.15, 0.2) is 0 Å². The predicted octanol–water partition coefficient (Wildman–Crippen LogP) is 5.80. The molecule has 2 aromatic rings. The Morgan fingerprint density at radius 2 is 1.33 bits per heavy atom. The van der Waals surface area contributed by atoms with E-state index in [1.807, 2.05) is 12.1 Å². The second-order valence-corrected chi connectivity index (χ2v) is 10.7. The molecule has 0 bridgehead atoms. The molecule has 0 aliphatic heterocycles. The van der Waals surface area contributed by atoms with Gasteiger partial charge in [-0.3, -0.25) is 0 Å². The van der Waals surface area contributed by atoms with Crippen molar-refractivity contribution in [3.8, 4) is 23.3 Å². The monoisotopic (exact) mass is 590 g/mol. The third-order valence-corrected chi connectivity index (χ3v) is 7.47. The number of carbonyl (C=O) groups is 2. The SMILES string of the molecule is C=C(CO)C(=O)OCOc1cc(C#Cc2ccc(C3CCC(CCCCC)CC3)cc2)cc(OCOC(=O)C(=C)CO)c1. The number of hydrogen-bond donors (Lipinski definition) is 2. The first-order chi connectivity index (χ1) is 20.8. The summed E-state index contributed by atoms with van der Waals surface area (Å²) in [4.78, 5) is 23.5. The molecule has 0 spiro atoms. The number of ether oxygens (including phenoxy) is 4. The maximum absolute atomic E-state index is 11.7. The molecule has 1 fully saturated rings. The van der Waals surface area contributed by atoms with Crippen molar-refractivity contribution in [1.82, 2.24) is 0 Å². The van der Waals surface area contributed by atoms with E-state index in [4.69, 9.17) is 29.2 Å². The minimum Gasteiger partial charge on any atom is -0.457 e. The molecule has 0 atom stereocenters. The Labute approximate surface area is 254 Å². The maximum atomic E-state index is 11.7. The van der Waals surface area contributed by atoms with Gasteiger partial charge >= 0.3 is 11.9 Å². The van der Waals surface area contributed by atoms with Crippen LogP contribution in [0.1, 0.15) is 80.9 Å². The van der Waals surface area contributed by atoms with Crippen LogP contribution >= 0.6 is 0 Å². The molecule has 8 heteroatoms. The van der Waals surface area contributed by atoms with Gasteiger partial charge in [0, 0.05) is 17.2 Å². The molecule has 1 aliphatic carbocycles. The Hall–Kier alpha value is -4.06. The number of hydrogen-bond acceptors (Lipinski definition) is 8. The van der Waals surface area contributed by atoms with Crippen LogP contribution in [0.2, 0.25) is 0 Å². The molecular formula is C35H42O8. The summed E-state index contributed by atoms with van der Waals surface area (Å²) in [7, 11) is 0. The molecule has 0 aromatic heterocycles. The fourth-order valence-electron chi connectivity index (χ4n) is 4.90. The quantitative estimate of drug-likeness (QED) is 0.0881. The average Bonchev–Trinajstić information content (AvgIpc) is 3.03. The van der Waals surface area contributed by atoms with E-state index in [1.165, 1.54) is 63.0 Å². The molecule has 0 unspecified atom stereocenters. The molecule has 0 amide bonds. The average molecular weight is 591 g/mol. The minimum absolute atomic E-state index is 0.0976. The zero-order chi connectivity index (χ0) is 31.0. The van der Waals surface area contributed by atoms with Crippen molar-refractivity contribution in [3.63, 3.8) is 0 Å². The van der Waals surface area contributed by atoms with E-state index in [0.717, 1.165) is 11.5 Å². The van der Waals surface area contributed by atoms with Gasteiger partial charge in [-0.2, -0.15) is 0 Å². The van der Waals surface area contributed by atoms with Crippen molar-refractivity contribution in [2.75, 3.05) is 26.8 Å². The van der Waals surface area contributed by atoms with Crippen molar-refractivity contribution in [2.45, 2.75) is 64.2 Å². The molecule has 2 aromatic carbocycles. The first-order valence-corrected chi connectivity index (χ1v) is 14.8. The van der Waals surface area contributed by atoms with E-state index in [0.29, 0.717) is 11.5 Å². The molecule has 43 heavy (non-hydrogen) atoms. The molecule has 230 valence electrons. The van der Waals surface area contributed by atoms with Crippen LogP contribution in [0.5, 0.6) is 11.5 Å². The summed E-state index contributed by atoms with van der Waals surface area (Å²) >= 11 is 0. The van der Waals surface area contributed by atoms with Crippen molar-refractivity contribution in [3.05, 3.63) is 83.5 Å². The highest BCUT2D eigenvalue weighted by atomic mass is 16.7. The highest BCUT2D eigenvalue weighted by Gasteiger charge is 2.22. The molecule has 0 heterocycles. The summed E-state index contributed by atoms with van der Waals surface area (Å²) in [6.45, 7) is 7.17. The lowest BCUT2D eigenvalue weighted by atomic mass is 9.77. The van der Waals surface area contributed by atoms with E-state index in [2.05, 4.69) is 44.1 Å². The van der Waals surface area contributed by atoms with Crippen LogP contribution < -0.4 is 9.47 Å². The molecule has 0 saturated heterocycles. The van der Waals surface area contributed by atoms with Gasteiger partial charge in [0.05, 0.1) is 24.4 Å². The summed E-state index contributed by atoms with van der Waals surface area (Å²) < 4.78 is 21.0. The van der Waals surface area contributed by atoms with Crippen LogP contribution in [0.3, 0.4) is 0 Å². The van der Waals surface area contributed by atoms with Gasteiger partial charge in [-0.25, -0.2) is 9.59 Å². The maximum Gasteiger partial charge on any atom is 0.338 e. The van der Waals surface area contributed by atoms with E-state index < -0.39 is 38.7 Å². The number of rotatable bonds is 15. The molecule has 1 saturated carbocycles. The Bertz CT molecular complexity index is 1240. The number of carbonyl (C=O) groups excluding carboxylic acids is 2. The zero-order valence-electron chi connectivity index (χ0n) is 24.9. The lowest BCUT2D eigenvalue weighted by Gasteiger charge is -2.29. The zero-order valence-corrected chi connectivity index (χ0v) is 24.9. The number of unbranched alkanes of at least 4 members (excludes halogenated alkanes) is 2. The Morgan fingerprint density at radius 3 is 1.84 bits per heavy atom. The smallest absolute Gasteiger partial charge is 0.338 e. The molecular weight excluding hydrogens is 548 g/mol.